The number of likely N-dealkylation sites (tertiary alicyclic amines) is 1. The minimum Gasteiger partial charge on any atom is -0.491 e. The van der Waals surface area contributed by atoms with Crippen LogP contribution < -0.4 is 15.2 Å². The molecule has 6 heteroatoms. The molecule has 2 aromatic rings. The second-order valence-corrected chi connectivity index (χ2v) is 6.82. The van der Waals surface area contributed by atoms with E-state index in [0.29, 0.717) is 43.7 Å². The highest BCUT2D eigenvalue weighted by molar-refractivity contribution is 5.65. The van der Waals surface area contributed by atoms with Gasteiger partial charge in [-0.05, 0) is 42.9 Å². The first-order chi connectivity index (χ1) is 13.1. The molecule has 144 valence electrons. The van der Waals surface area contributed by atoms with Gasteiger partial charge in [0.05, 0.1) is 12.3 Å². The second-order valence-electron chi connectivity index (χ2n) is 6.82. The zero-order chi connectivity index (χ0) is 19.1. The van der Waals surface area contributed by atoms with Crippen LogP contribution in [0.2, 0.25) is 0 Å². The van der Waals surface area contributed by atoms with Gasteiger partial charge in [-0.25, -0.2) is 4.79 Å². The molecule has 0 unspecified atom stereocenters. The van der Waals surface area contributed by atoms with Gasteiger partial charge in [-0.3, -0.25) is 0 Å². The number of carbonyl (C=O) groups is 1. The Kier molecular flexibility index (Phi) is 6.41. The Labute approximate surface area is 159 Å². The lowest BCUT2D eigenvalue weighted by molar-refractivity contribution is 0.119. The van der Waals surface area contributed by atoms with E-state index in [4.69, 9.17) is 20.3 Å². The fourth-order valence-electron chi connectivity index (χ4n) is 3.22. The van der Waals surface area contributed by atoms with Crippen molar-refractivity contribution in [2.75, 3.05) is 25.4 Å². The largest absolute Gasteiger partial charge is 0.491 e. The lowest BCUT2D eigenvalue weighted by Crippen LogP contribution is -2.37. The Morgan fingerprint density at radius 3 is 2.56 bits per heavy atom. The van der Waals surface area contributed by atoms with Crippen LogP contribution in [0.5, 0.6) is 11.5 Å². The Morgan fingerprint density at radius 1 is 1.11 bits per heavy atom. The van der Waals surface area contributed by atoms with E-state index < -0.39 is 6.09 Å². The number of nitrogens with zero attached hydrogens (tertiary/aromatic N) is 1. The molecule has 0 atom stereocenters. The molecule has 27 heavy (non-hydrogen) atoms. The number of ether oxygens (including phenoxy) is 2. The lowest BCUT2D eigenvalue weighted by Gasteiger charge is -2.29. The van der Waals surface area contributed by atoms with Gasteiger partial charge in [-0.15, -0.1) is 0 Å². The SMILES string of the molecule is Nc1ccc(OCc2ccccc2)cc1OCCC1CCN(C(=O)O)CC1. The number of piperidine rings is 1. The lowest BCUT2D eigenvalue weighted by atomic mass is 9.94. The van der Waals surface area contributed by atoms with E-state index in [1.165, 1.54) is 4.90 Å². The van der Waals surface area contributed by atoms with Crippen molar-refractivity contribution >= 4 is 11.8 Å². The number of hydrogen-bond acceptors (Lipinski definition) is 4. The van der Waals surface area contributed by atoms with Crippen LogP contribution in [-0.4, -0.2) is 35.8 Å². The predicted octanol–water partition coefficient (Wildman–Crippen LogP) is 4.01. The molecule has 0 radical (unpaired) electrons. The van der Waals surface area contributed by atoms with Gasteiger partial charge in [0.25, 0.3) is 0 Å². The zero-order valence-corrected chi connectivity index (χ0v) is 15.3. The first kappa shape index (κ1) is 18.9. The Morgan fingerprint density at radius 2 is 1.85 bits per heavy atom. The highest BCUT2D eigenvalue weighted by Crippen LogP contribution is 2.28. The molecule has 0 saturated carbocycles. The topological polar surface area (TPSA) is 85.0 Å². The molecule has 6 nitrogen and oxygen atoms in total. The van der Waals surface area contributed by atoms with Crippen LogP contribution in [0, 0.1) is 5.92 Å². The number of rotatable bonds is 7. The summed E-state index contributed by atoms with van der Waals surface area (Å²) in [6.07, 6.45) is 1.82. The molecule has 1 saturated heterocycles. The standard InChI is InChI=1S/C21H26N2O4/c22-19-7-6-18(27-15-17-4-2-1-3-5-17)14-20(19)26-13-10-16-8-11-23(12-9-16)21(24)25/h1-7,14,16H,8-13,15,22H2,(H,24,25). The van der Waals surface area contributed by atoms with Crippen molar-refractivity contribution in [1.82, 2.24) is 4.90 Å². The number of benzene rings is 2. The van der Waals surface area contributed by atoms with Crippen LogP contribution in [-0.2, 0) is 6.61 Å². The van der Waals surface area contributed by atoms with Gasteiger partial charge in [0.1, 0.15) is 18.1 Å². The minimum atomic E-state index is -0.829. The third-order valence-corrected chi connectivity index (χ3v) is 4.90. The Hall–Kier alpha value is -2.89. The predicted molar refractivity (Wildman–Crippen MR) is 104 cm³/mol. The van der Waals surface area contributed by atoms with Crippen LogP contribution in [0.1, 0.15) is 24.8 Å². The fraction of sp³-hybridized carbons (Fsp3) is 0.381. The molecule has 3 rings (SSSR count). The van der Waals surface area contributed by atoms with Crippen LogP contribution in [0.4, 0.5) is 10.5 Å². The smallest absolute Gasteiger partial charge is 0.407 e. The molecule has 1 aliphatic heterocycles. The van der Waals surface area contributed by atoms with Gasteiger partial charge in [-0.2, -0.15) is 0 Å². The maximum absolute atomic E-state index is 10.9. The number of amides is 1. The van der Waals surface area contributed by atoms with E-state index in [2.05, 4.69) is 0 Å². The molecular formula is C21H26N2O4. The molecule has 2 aromatic carbocycles. The number of nitrogen functional groups attached to an aromatic ring is 1. The minimum absolute atomic E-state index is 0.485. The summed E-state index contributed by atoms with van der Waals surface area (Å²) in [6.45, 7) is 2.26. The zero-order valence-electron chi connectivity index (χ0n) is 15.3. The average Bonchev–Trinajstić information content (AvgIpc) is 2.69. The molecule has 0 aliphatic carbocycles. The Bertz CT molecular complexity index is 743. The molecular weight excluding hydrogens is 344 g/mol. The van der Waals surface area contributed by atoms with Crippen LogP contribution in [0.25, 0.3) is 0 Å². The van der Waals surface area contributed by atoms with Crippen LogP contribution in [0.3, 0.4) is 0 Å². The molecule has 1 aliphatic rings. The van der Waals surface area contributed by atoms with Gasteiger partial charge in [0.2, 0.25) is 0 Å². The summed E-state index contributed by atoms with van der Waals surface area (Å²) in [5.74, 6) is 1.83. The van der Waals surface area contributed by atoms with Crippen molar-refractivity contribution in [3.8, 4) is 11.5 Å². The maximum Gasteiger partial charge on any atom is 0.407 e. The summed E-state index contributed by atoms with van der Waals surface area (Å²) in [6, 6.07) is 15.4. The molecule has 0 bridgehead atoms. The first-order valence-electron chi connectivity index (χ1n) is 9.29. The van der Waals surface area contributed by atoms with Crippen molar-refractivity contribution in [1.29, 1.82) is 0 Å². The van der Waals surface area contributed by atoms with Crippen molar-refractivity contribution in [3.63, 3.8) is 0 Å². The van der Waals surface area contributed by atoms with Crippen LogP contribution in [0.15, 0.2) is 48.5 Å². The summed E-state index contributed by atoms with van der Waals surface area (Å²) in [5, 5.41) is 9.00. The number of hydrogen-bond donors (Lipinski definition) is 2. The van der Waals surface area contributed by atoms with Gasteiger partial charge >= 0.3 is 6.09 Å². The van der Waals surface area contributed by atoms with Gasteiger partial charge < -0.3 is 25.2 Å². The molecule has 0 aromatic heterocycles. The van der Waals surface area contributed by atoms with Gasteiger partial charge in [-0.1, -0.05) is 30.3 Å². The number of carboxylic acid groups (broad SMARTS) is 1. The molecule has 1 heterocycles. The van der Waals surface area contributed by atoms with E-state index in [-0.39, 0.29) is 0 Å². The normalized spacial score (nSPS) is 14.7. The van der Waals surface area contributed by atoms with Crippen molar-refractivity contribution < 1.29 is 19.4 Å². The third kappa shape index (κ3) is 5.54. The molecule has 0 spiro atoms. The van der Waals surface area contributed by atoms with Crippen molar-refractivity contribution in [2.24, 2.45) is 5.92 Å². The molecule has 1 fully saturated rings. The van der Waals surface area contributed by atoms with E-state index in [1.807, 2.05) is 42.5 Å². The monoisotopic (exact) mass is 370 g/mol. The highest BCUT2D eigenvalue weighted by Gasteiger charge is 2.22. The van der Waals surface area contributed by atoms with E-state index in [0.717, 1.165) is 30.6 Å². The number of nitrogens with two attached hydrogens (primary N) is 1. The summed E-state index contributed by atoms with van der Waals surface area (Å²) in [5.41, 5.74) is 7.70. The summed E-state index contributed by atoms with van der Waals surface area (Å²) >= 11 is 0. The second kappa shape index (κ2) is 9.16. The van der Waals surface area contributed by atoms with Crippen molar-refractivity contribution in [3.05, 3.63) is 54.1 Å². The summed E-state index contributed by atoms with van der Waals surface area (Å²) in [7, 11) is 0. The van der Waals surface area contributed by atoms with E-state index in [9.17, 15) is 4.79 Å². The van der Waals surface area contributed by atoms with Gasteiger partial charge in [0, 0.05) is 19.2 Å². The van der Waals surface area contributed by atoms with Crippen molar-refractivity contribution in [2.45, 2.75) is 25.9 Å². The number of anilines is 1. The summed E-state index contributed by atoms with van der Waals surface area (Å²) < 4.78 is 11.7. The maximum atomic E-state index is 10.9. The first-order valence-corrected chi connectivity index (χ1v) is 9.29. The molecule has 3 N–H and O–H groups in total. The van der Waals surface area contributed by atoms with Crippen LogP contribution >= 0.6 is 0 Å². The fourth-order valence-corrected chi connectivity index (χ4v) is 3.22. The van der Waals surface area contributed by atoms with Gasteiger partial charge in [0.15, 0.2) is 0 Å². The third-order valence-electron chi connectivity index (χ3n) is 4.90. The molecule has 1 amide bonds. The summed E-state index contributed by atoms with van der Waals surface area (Å²) in [4.78, 5) is 12.4. The Balaban J connectivity index is 1.46. The quantitative estimate of drug-likeness (QED) is 0.720. The van der Waals surface area contributed by atoms with E-state index >= 15 is 0 Å². The average molecular weight is 370 g/mol. The highest BCUT2D eigenvalue weighted by atomic mass is 16.5. The van der Waals surface area contributed by atoms with E-state index in [1.54, 1.807) is 6.07 Å².